The van der Waals surface area contributed by atoms with Gasteiger partial charge in [-0.1, -0.05) is 38.0 Å². The highest BCUT2D eigenvalue weighted by atomic mass is 16.4. The summed E-state index contributed by atoms with van der Waals surface area (Å²) in [5.74, 6) is -0.526. The first-order valence-corrected chi connectivity index (χ1v) is 8.14. The predicted molar refractivity (Wildman–Crippen MR) is 90.1 cm³/mol. The van der Waals surface area contributed by atoms with Crippen LogP contribution in [0.4, 0.5) is 0 Å². The lowest BCUT2D eigenvalue weighted by Crippen LogP contribution is -2.51. The minimum atomic E-state index is -1.86. The van der Waals surface area contributed by atoms with E-state index in [0.29, 0.717) is 11.5 Å². The van der Waals surface area contributed by atoms with Crippen LogP contribution >= 0.6 is 0 Å². The molecule has 1 aliphatic rings. The smallest absolute Gasteiger partial charge is 0.221 e. The van der Waals surface area contributed by atoms with Crippen LogP contribution < -0.4 is 0 Å². The molecule has 1 aromatic heterocycles. The first kappa shape index (κ1) is 18.4. The third-order valence-electron chi connectivity index (χ3n) is 4.56. The van der Waals surface area contributed by atoms with E-state index in [1.165, 1.54) is 19.3 Å². The van der Waals surface area contributed by atoms with Gasteiger partial charge in [-0.2, -0.15) is 0 Å². The summed E-state index contributed by atoms with van der Waals surface area (Å²) in [7, 11) is 0. The zero-order chi connectivity index (χ0) is 18.1. The van der Waals surface area contributed by atoms with Crippen molar-refractivity contribution in [3.05, 3.63) is 47.0 Å². The van der Waals surface area contributed by atoms with Gasteiger partial charge in [0.15, 0.2) is 17.1 Å². The molecule has 0 aromatic carbocycles. The molecule has 0 amide bonds. The normalized spacial score (nSPS) is 25.8. The third kappa shape index (κ3) is 3.42. The fourth-order valence-electron chi connectivity index (χ4n) is 2.70. The molecule has 0 fully saturated rings. The third-order valence-corrected chi connectivity index (χ3v) is 4.56. The second-order valence-electron chi connectivity index (χ2n) is 6.65. The van der Waals surface area contributed by atoms with Crippen LogP contribution in [0.1, 0.15) is 60.6 Å². The topological polar surface area (TPSA) is 87.7 Å². The molecular formula is C19H24O5. The summed E-state index contributed by atoms with van der Waals surface area (Å²) >= 11 is 0. The van der Waals surface area contributed by atoms with Gasteiger partial charge in [0.05, 0.1) is 11.7 Å². The van der Waals surface area contributed by atoms with E-state index in [2.05, 4.69) is 19.9 Å². The molecule has 1 aliphatic carbocycles. The number of Topliss-reactive ketones (excluding diaryl/α,β-unsaturated/α-hetero) is 1. The van der Waals surface area contributed by atoms with Gasteiger partial charge in [-0.25, -0.2) is 0 Å². The first-order chi connectivity index (χ1) is 11.2. The Morgan fingerprint density at radius 3 is 2.79 bits per heavy atom. The van der Waals surface area contributed by atoms with Crippen LogP contribution in [0.15, 0.2) is 34.5 Å². The number of carbonyl (C=O) groups is 2. The Bertz CT molecular complexity index is 705. The van der Waals surface area contributed by atoms with E-state index >= 15 is 0 Å². The van der Waals surface area contributed by atoms with Crippen LogP contribution in [-0.4, -0.2) is 33.5 Å². The highest BCUT2D eigenvalue weighted by Gasteiger charge is 2.46. The highest BCUT2D eigenvalue weighted by molar-refractivity contribution is 6.10. The van der Waals surface area contributed by atoms with Gasteiger partial charge in [-0.3, -0.25) is 9.59 Å². The van der Waals surface area contributed by atoms with Gasteiger partial charge in [-0.05, 0) is 25.8 Å². The second-order valence-corrected chi connectivity index (χ2v) is 6.65. The molecule has 5 heteroatoms. The Balaban J connectivity index is 2.25. The maximum atomic E-state index is 12.3. The SMILES string of the molecule is CC[C@H](C)C=C(C)C=CC(=O)c1occ2c1C[C@@H](O)[C@](C)(O)C2=O. The molecule has 130 valence electrons. The van der Waals surface area contributed by atoms with E-state index in [1.54, 1.807) is 6.08 Å². The molecule has 5 nitrogen and oxygen atoms in total. The van der Waals surface area contributed by atoms with Crippen molar-refractivity contribution in [1.29, 1.82) is 0 Å². The number of carbonyl (C=O) groups excluding carboxylic acids is 2. The number of ketones is 2. The predicted octanol–water partition coefficient (Wildman–Crippen LogP) is 2.86. The minimum absolute atomic E-state index is 0.00117. The summed E-state index contributed by atoms with van der Waals surface area (Å²) in [6, 6.07) is 0. The van der Waals surface area contributed by atoms with Crippen LogP contribution in [0.5, 0.6) is 0 Å². The molecule has 0 saturated heterocycles. The number of rotatable bonds is 5. The van der Waals surface area contributed by atoms with Crippen molar-refractivity contribution in [2.75, 3.05) is 0 Å². The maximum Gasteiger partial charge on any atom is 0.221 e. The Morgan fingerprint density at radius 2 is 2.17 bits per heavy atom. The lowest BCUT2D eigenvalue weighted by molar-refractivity contribution is -0.0426. The summed E-state index contributed by atoms with van der Waals surface area (Å²) in [5, 5.41) is 20.0. The lowest BCUT2D eigenvalue weighted by atomic mass is 9.79. The molecule has 3 atom stereocenters. The van der Waals surface area contributed by atoms with Crippen LogP contribution in [0.3, 0.4) is 0 Å². The molecular weight excluding hydrogens is 308 g/mol. The van der Waals surface area contributed by atoms with Gasteiger partial charge >= 0.3 is 0 Å². The van der Waals surface area contributed by atoms with Gasteiger partial charge in [0.1, 0.15) is 6.26 Å². The standard InChI is InChI=1S/C19H24O5/c1-5-11(2)8-12(3)6-7-15(20)17-13-9-16(21)19(4,23)18(22)14(13)10-24-17/h6-8,10-11,16,21,23H,5,9H2,1-4H3/t11-,16+,19-/m0/s1. The van der Waals surface area contributed by atoms with Crippen molar-refractivity contribution in [1.82, 2.24) is 0 Å². The van der Waals surface area contributed by atoms with Gasteiger partial charge in [0.2, 0.25) is 5.78 Å². The molecule has 2 N–H and O–H groups in total. The minimum Gasteiger partial charge on any atom is -0.460 e. The summed E-state index contributed by atoms with van der Waals surface area (Å²) in [4.78, 5) is 24.5. The Hall–Kier alpha value is -1.98. The van der Waals surface area contributed by atoms with Crippen LogP contribution in [-0.2, 0) is 6.42 Å². The maximum absolute atomic E-state index is 12.3. The van der Waals surface area contributed by atoms with Crippen molar-refractivity contribution >= 4 is 11.6 Å². The highest BCUT2D eigenvalue weighted by Crippen LogP contribution is 2.32. The summed E-state index contributed by atoms with van der Waals surface area (Å²) < 4.78 is 5.26. The fourth-order valence-corrected chi connectivity index (χ4v) is 2.70. The lowest BCUT2D eigenvalue weighted by Gasteiger charge is -2.31. The largest absolute Gasteiger partial charge is 0.460 e. The molecule has 24 heavy (non-hydrogen) atoms. The number of aliphatic hydroxyl groups is 2. The van der Waals surface area contributed by atoms with Crippen molar-refractivity contribution in [2.24, 2.45) is 5.92 Å². The molecule has 1 aromatic rings. The Morgan fingerprint density at radius 1 is 1.50 bits per heavy atom. The summed E-state index contributed by atoms with van der Waals surface area (Å²) in [5.41, 5.74) is -0.369. The van der Waals surface area contributed by atoms with Gasteiger partial charge < -0.3 is 14.6 Å². The van der Waals surface area contributed by atoms with Crippen molar-refractivity contribution in [2.45, 2.75) is 52.2 Å². The molecule has 0 aliphatic heterocycles. The second kappa shape index (κ2) is 6.87. The molecule has 0 bridgehead atoms. The molecule has 0 saturated carbocycles. The van der Waals surface area contributed by atoms with Crippen molar-refractivity contribution < 1.29 is 24.2 Å². The first-order valence-electron chi connectivity index (χ1n) is 8.14. The zero-order valence-electron chi connectivity index (χ0n) is 14.5. The van der Waals surface area contributed by atoms with Crippen LogP contribution in [0.25, 0.3) is 0 Å². The molecule has 0 radical (unpaired) electrons. The molecule has 2 rings (SSSR count). The fraction of sp³-hybridized carbons (Fsp3) is 0.474. The van der Waals surface area contributed by atoms with E-state index < -0.39 is 17.5 Å². The van der Waals surface area contributed by atoms with Gasteiger partial charge in [0.25, 0.3) is 0 Å². The van der Waals surface area contributed by atoms with E-state index in [4.69, 9.17) is 4.42 Å². The number of furan rings is 1. The van der Waals surface area contributed by atoms with Crippen molar-refractivity contribution in [3.8, 4) is 0 Å². The number of hydrogen-bond acceptors (Lipinski definition) is 5. The van der Waals surface area contributed by atoms with E-state index in [9.17, 15) is 19.8 Å². The number of hydrogen-bond donors (Lipinski definition) is 2. The van der Waals surface area contributed by atoms with Gasteiger partial charge in [-0.15, -0.1) is 0 Å². The average molecular weight is 332 g/mol. The quantitative estimate of drug-likeness (QED) is 0.492. The van der Waals surface area contributed by atoms with Gasteiger partial charge in [0, 0.05) is 12.0 Å². The summed E-state index contributed by atoms with van der Waals surface area (Å²) in [6.45, 7) is 7.37. The Kier molecular flexibility index (Phi) is 5.26. The summed E-state index contributed by atoms with van der Waals surface area (Å²) in [6.07, 6.45) is 6.12. The number of allylic oxidation sites excluding steroid dienone is 4. The monoisotopic (exact) mass is 332 g/mol. The van der Waals surface area contributed by atoms with Crippen molar-refractivity contribution in [3.63, 3.8) is 0 Å². The Labute approximate surface area is 141 Å². The average Bonchev–Trinajstić information content (AvgIpc) is 2.94. The molecule has 0 unspecified atom stereocenters. The molecule has 1 heterocycles. The number of aliphatic hydroxyl groups excluding tert-OH is 1. The molecule has 0 spiro atoms. The van der Waals surface area contributed by atoms with Crippen LogP contribution in [0, 0.1) is 5.92 Å². The number of fused-ring (bicyclic) bond motifs is 1. The van der Waals surface area contributed by atoms with E-state index in [1.807, 2.05) is 6.92 Å². The van der Waals surface area contributed by atoms with Crippen LogP contribution in [0.2, 0.25) is 0 Å². The van der Waals surface area contributed by atoms with E-state index in [-0.39, 0.29) is 23.5 Å². The zero-order valence-corrected chi connectivity index (χ0v) is 14.5. The van der Waals surface area contributed by atoms with E-state index in [0.717, 1.165) is 12.0 Å².